The maximum atomic E-state index is 13.8. The number of carbonyl (C=O) groups is 2. The molecule has 1 saturated heterocycles. The van der Waals surface area contributed by atoms with Gasteiger partial charge in [0.05, 0.1) is 28.5 Å². The van der Waals surface area contributed by atoms with Crippen LogP contribution in [0.5, 0.6) is 0 Å². The predicted molar refractivity (Wildman–Crippen MR) is 132 cm³/mol. The fourth-order valence-electron chi connectivity index (χ4n) is 5.11. The van der Waals surface area contributed by atoms with Gasteiger partial charge in [-0.15, -0.1) is 0 Å². The minimum absolute atomic E-state index is 0.120. The highest BCUT2D eigenvalue weighted by Gasteiger charge is 2.58. The van der Waals surface area contributed by atoms with Gasteiger partial charge in [0.15, 0.2) is 0 Å². The van der Waals surface area contributed by atoms with Gasteiger partial charge in [0, 0.05) is 11.5 Å². The lowest BCUT2D eigenvalue weighted by Gasteiger charge is -2.32. The lowest BCUT2D eigenvalue weighted by molar-refractivity contribution is -0.122. The van der Waals surface area contributed by atoms with E-state index in [9.17, 15) is 9.59 Å². The van der Waals surface area contributed by atoms with Crippen molar-refractivity contribution in [3.63, 3.8) is 0 Å². The van der Waals surface area contributed by atoms with Crippen LogP contribution in [0.2, 0.25) is 0 Å². The molecule has 162 valence electrons. The molecule has 3 aromatic carbocycles. The van der Waals surface area contributed by atoms with Crippen LogP contribution in [0.3, 0.4) is 0 Å². The molecule has 1 aliphatic carbocycles. The summed E-state index contributed by atoms with van der Waals surface area (Å²) in [5, 5.41) is 0.755. The second-order valence-electron chi connectivity index (χ2n) is 8.75. The van der Waals surface area contributed by atoms with Gasteiger partial charge in [0.2, 0.25) is 11.8 Å². The van der Waals surface area contributed by atoms with E-state index in [2.05, 4.69) is 30.3 Å². The van der Waals surface area contributed by atoms with E-state index in [1.807, 2.05) is 67.6 Å². The molecule has 4 nitrogen and oxygen atoms in total. The number of fused-ring (bicyclic) bond motifs is 3. The van der Waals surface area contributed by atoms with E-state index >= 15 is 0 Å². The van der Waals surface area contributed by atoms with Crippen molar-refractivity contribution in [1.29, 1.82) is 0 Å². The zero-order chi connectivity index (χ0) is 22.5. The van der Waals surface area contributed by atoms with Crippen LogP contribution < -0.4 is 4.90 Å². The minimum Gasteiger partial charge on any atom is -0.274 e. The Kier molecular flexibility index (Phi) is 4.80. The Hall–Kier alpha value is -3.44. The molecule has 3 aromatic rings. The fraction of sp³-hybridized carbons (Fsp3) is 0.179. The Bertz CT molecular complexity index is 1300. The van der Waals surface area contributed by atoms with E-state index in [1.165, 1.54) is 4.90 Å². The third kappa shape index (κ3) is 3.26. The Morgan fingerprint density at radius 3 is 2.12 bits per heavy atom. The third-order valence-corrected chi connectivity index (χ3v) is 8.06. The average molecular weight is 451 g/mol. The number of nitrogens with zero attached hydrogens (tertiary/aromatic N) is 2. The van der Waals surface area contributed by atoms with Crippen LogP contribution in [0.25, 0.3) is 0 Å². The summed E-state index contributed by atoms with van der Waals surface area (Å²) in [5.74, 6) is -1.32. The molecule has 5 heteroatoms. The number of hydrogen-bond donors (Lipinski definition) is 0. The number of amides is 2. The van der Waals surface area contributed by atoms with Crippen LogP contribution in [-0.4, -0.2) is 22.1 Å². The van der Waals surface area contributed by atoms with Gasteiger partial charge in [-0.1, -0.05) is 96.2 Å². The van der Waals surface area contributed by atoms with Crippen molar-refractivity contribution in [3.8, 4) is 0 Å². The van der Waals surface area contributed by atoms with Crippen molar-refractivity contribution in [1.82, 2.24) is 0 Å². The van der Waals surface area contributed by atoms with Gasteiger partial charge in [-0.3, -0.25) is 9.59 Å². The summed E-state index contributed by atoms with van der Waals surface area (Å²) in [7, 11) is 0. The van der Waals surface area contributed by atoms with Gasteiger partial charge in [-0.2, -0.15) is 0 Å². The molecule has 0 N–H and O–H groups in total. The second-order valence-corrected chi connectivity index (χ2v) is 9.88. The van der Waals surface area contributed by atoms with Gasteiger partial charge < -0.3 is 0 Å². The summed E-state index contributed by atoms with van der Waals surface area (Å²) in [6, 6.07) is 27.6. The molecule has 2 amide bonds. The largest absolute Gasteiger partial charge is 0.274 e. The number of rotatable bonds is 3. The van der Waals surface area contributed by atoms with E-state index in [1.54, 1.807) is 11.8 Å². The van der Waals surface area contributed by atoms with Gasteiger partial charge in [0.25, 0.3) is 0 Å². The Morgan fingerprint density at radius 2 is 1.42 bits per heavy atom. The molecule has 0 radical (unpaired) electrons. The normalized spacial score (nSPS) is 26.0. The minimum atomic E-state index is -0.445. The van der Waals surface area contributed by atoms with Crippen molar-refractivity contribution < 1.29 is 9.59 Å². The molecule has 2 aliphatic heterocycles. The molecular formula is C28H22N2O2S. The quantitative estimate of drug-likeness (QED) is 0.506. The van der Waals surface area contributed by atoms with Crippen LogP contribution in [0.15, 0.2) is 102 Å². The van der Waals surface area contributed by atoms with E-state index in [-0.39, 0.29) is 23.0 Å². The van der Waals surface area contributed by atoms with Gasteiger partial charge >= 0.3 is 0 Å². The molecule has 0 unspecified atom stereocenters. The van der Waals surface area contributed by atoms with Crippen LogP contribution in [0.4, 0.5) is 5.69 Å². The summed E-state index contributed by atoms with van der Waals surface area (Å²) < 4.78 is 0. The van der Waals surface area contributed by atoms with Crippen molar-refractivity contribution in [2.75, 3.05) is 4.90 Å². The first-order valence-corrected chi connectivity index (χ1v) is 12.0. The number of aryl methyl sites for hydroxylation is 1. The summed E-state index contributed by atoms with van der Waals surface area (Å²) in [5.41, 5.74) is 4.79. The Labute approximate surface area is 197 Å². The van der Waals surface area contributed by atoms with Crippen molar-refractivity contribution in [2.24, 2.45) is 16.8 Å². The Balaban J connectivity index is 1.47. The average Bonchev–Trinajstić information content (AvgIpc) is 3.39. The maximum absolute atomic E-state index is 13.8. The molecule has 33 heavy (non-hydrogen) atoms. The number of para-hydroxylation sites is 1. The molecule has 2 heterocycles. The molecule has 4 atom stereocenters. The number of thioether (sulfide) groups is 1. The zero-order valence-corrected chi connectivity index (χ0v) is 18.9. The fourth-order valence-corrected chi connectivity index (χ4v) is 6.47. The summed E-state index contributed by atoms with van der Waals surface area (Å²) in [4.78, 5) is 33.9. The molecular weight excluding hydrogens is 428 g/mol. The van der Waals surface area contributed by atoms with Gasteiger partial charge in [-0.25, -0.2) is 9.89 Å². The highest BCUT2D eigenvalue weighted by atomic mass is 32.2. The molecule has 0 aromatic heterocycles. The lowest BCUT2D eigenvalue weighted by Crippen LogP contribution is -2.36. The first-order chi connectivity index (χ1) is 16.1. The van der Waals surface area contributed by atoms with Gasteiger partial charge in [-0.05, 0) is 24.6 Å². The van der Waals surface area contributed by atoms with Crippen LogP contribution in [0.1, 0.15) is 22.6 Å². The number of carbonyl (C=O) groups excluding carboxylic acids is 2. The van der Waals surface area contributed by atoms with Gasteiger partial charge in [0.1, 0.15) is 5.04 Å². The highest BCUT2D eigenvalue weighted by Crippen LogP contribution is 2.53. The lowest BCUT2D eigenvalue weighted by atomic mass is 9.73. The molecule has 0 bridgehead atoms. The second kappa shape index (κ2) is 7.85. The number of aliphatic imine (C=N–C) groups is 1. The first kappa shape index (κ1) is 20.2. The number of benzene rings is 3. The standard InChI is InChI=1S/C28H22N2O2S/c1-17-12-14-18(15-13-17)21-16-22-25(33-26(29-22)19-8-4-2-5-9-19)24-23(21)27(31)30(28(24)32)20-10-6-3-7-11-20/h2-16,21,23-25H,1H3/t21-,23+,24+,25-/m0/s1. The first-order valence-electron chi connectivity index (χ1n) is 11.1. The summed E-state index contributed by atoms with van der Waals surface area (Å²) >= 11 is 1.61. The number of anilines is 1. The summed E-state index contributed by atoms with van der Waals surface area (Å²) in [6.07, 6.45) is 2.12. The third-order valence-electron chi connectivity index (χ3n) is 6.72. The SMILES string of the molecule is Cc1ccc([C@@H]2C=C3N=C(c4ccccc4)S[C@@H]3[C@@H]3C(=O)N(c4ccccc4)C(=O)[C@@H]32)cc1. The van der Waals surface area contributed by atoms with E-state index in [0.29, 0.717) is 5.69 Å². The van der Waals surface area contributed by atoms with Crippen molar-refractivity contribution in [3.05, 3.63) is 113 Å². The smallest absolute Gasteiger partial charge is 0.239 e. The topological polar surface area (TPSA) is 49.7 Å². The van der Waals surface area contributed by atoms with Crippen molar-refractivity contribution in [2.45, 2.75) is 18.1 Å². The van der Waals surface area contributed by atoms with E-state index < -0.39 is 11.8 Å². The molecule has 0 spiro atoms. The number of imide groups is 1. The monoisotopic (exact) mass is 450 g/mol. The molecule has 6 rings (SSSR count). The highest BCUT2D eigenvalue weighted by molar-refractivity contribution is 8.15. The Morgan fingerprint density at radius 1 is 0.788 bits per heavy atom. The van der Waals surface area contributed by atoms with E-state index in [4.69, 9.17) is 4.99 Å². The number of hydrogen-bond acceptors (Lipinski definition) is 4. The summed E-state index contributed by atoms with van der Waals surface area (Å²) in [6.45, 7) is 2.05. The van der Waals surface area contributed by atoms with Crippen LogP contribution in [0, 0.1) is 18.8 Å². The van der Waals surface area contributed by atoms with Crippen molar-refractivity contribution >= 4 is 34.3 Å². The molecule has 3 aliphatic rings. The molecule has 1 fully saturated rings. The number of allylic oxidation sites excluding steroid dienone is 1. The predicted octanol–water partition coefficient (Wildman–Crippen LogP) is 5.34. The molecule has 0 saturated carbocycles. The van der Waals surface area contributed by atoms with Crippen LogP contribution in [-0.2, 0) is 9.59 Å². The van der Waals surface area contributed by atoms with E-state index in [0.717, 1.165) is 27.4 Å². The maximum Gasteiger partial charge on any atom is 0.239 e. The zero-order valence-electron chi connectivity index (χ0n) is 18.1. The van der Waals surface area contributed by atoms with Crippen LogP contribution >= 0.6 is 11.8 Å².